The first kappa shape index (κ1) is 16.5. The standard InChI is InChI=1S/C14H16N4O5S/c1-3-4-23-13(22)8-6-15-16-17(8)7-14(2)11(12(20)21)18-9(19)5-10(18)24-14/h3,6,10-11H,1,4-5,7H2,2H3,(H,20,21). The van der Waals surface area contributed by atoms with Crippen molar-refractivity contribution in [2.75, 3.05) is 6.61 Å². The molecule has 0 bridgehead atoms. The molecule has 0 spiro atoms. The van der Waals surface area contributed by atoms with Crippen molar-refractivity contribution in [3.63, 3.8) is 0 Å². The monoisotopic (exact) mass is 352 g/mol. The molecule has 24 heavy (non-hydrogen) atoms. The van der Waals surface area contributed by atoms with Crippen molar-refractivity contribution in [1.29, 1.82) is 0 Å². The van der Waals surface area contributed by atoms with Crippen LogP contribution in [0.3, 0.4) is 0 Å². The predicted molar refractivity (Wildman–Crippen MR) is 83.2 cm³/mol. The summed E-state index contributed by atoms with van der Waals surface area (Å²) in [5, 5.41) is 17.0. The van der Waals surface area contributed by atoms with E-state index >= 15 is 0 Å². The highest BCUT2D eigenvalue weighted by molar-refractivity contribution is 8.01. The second-order valence-corrected chi connectivity index (χ2v) is 7.51. The van der Waals surface area contributed by atoms with Gasteiger partial charge in [0.25, 0.3) is 0 Å². The maximum atomic E-state index is 12.0. The van der Waals surface area contributed by atoms with Gasteiger partial charge in [-0.15, -0.1) is 16.9 Å². The molecule has 3 rings (SSSR count). The van der Waals surface area contributed by atoms with E-state index in [1.54, 1.807) is 6.92 Å². The van der Waals surface area contributed by atoms with Gasteiger partial charge in [0.2, 0.25) is 5.91 Å². The Morgan fingerprint density at radius 3 is 3.00 bits per heavy atom. The predicted octanol–water partition coefficient (Wildman–Crippen LogP) is 0.138. The van der Waals surface area contributed by atoms with Gasteiger partial charge in [0.05, 0.1) is 29.3 Å². The Morgan fingerprint density at radius 2 is 2.38 bits per heavy atom. The molecule has 1 N–H and O–H groups in total. The van der Waals surface area contributed by atoms with Crippen molar-refractivity contribution >= 4 is 29.6 Å². The molecule has 2 aliphatic rings. The van der Waals surface area contributed by atoms with Crippen LogP contribution in [0.4, 0.5) is 0 Å². The van der Waals surface area contributed by atoms with Crippen LogP contribution >= 0.6 is 11.8 Å². The van der Waals surface area contributed by atoms with E-state index in [0.717, 1.165) is 0 Å². The zero-order chi connectivity index (χ0) is 17.5. The number of β-lactam (4-membered cyclic amide) rings is 1. The molecular weight excluding hydrogens is 336 g/mol. The molecular formula is C14H16N4O5S. The SMILES string of the molecule is C=CCOC(=O)c1cnnn1CC1(C)SC2CC(=O)N2C1C(=O)O. The summed E-state index contributed by atoms with van der Waals surface area (Å²) in [6, 6.07) is -0.977. The number of esters is 1. The van der Waals surface area contributed by atoms with Crippen LogP contribution in [-0.2, 0) is 20.9 Å². The van der Waals surface area contributed by atoms with E-state index in [2.05, 4.69) is 16.9 Å². The summed E-state index contributed by atoms with van der Waals surface area (Å²) in [4.78, 5) is 36.8. The van der Waals surface area contributed by atoms with Crippen molar-refractivity contribution in [3.8, 4) is 0 Å². The summed E-state index contributed by atoms with van der Waals surface area (Å²) in [5.41, 5.74) is 0.128. The van der Waals surface area contributed by atoms with Gasteiger partial charge in [-0.2, -0.15) is 0 Å². The van der Waals surface area contributed by atoms with Crippen LogP contribution in [0.5, 0.6) is 0 Å². The van der Waals surface area contributed by atoms with E-state index in [9.17, 15) is 19.5 Å². The number of carboxylic acids is 1. The van der Waals surface area contributed by atoms with E-state index in [1.165, 1.54) is 33.6 Å². The Balaban J connectivity index is 1.84. The zero-order valence-electron chi connectivity index (χ0n) is 12.9. The Morgan fingerprint density at radius 1 is 1.62 bits per heavy atom. The number of aromatic nitrogens is 3. The number of nitrogens with zero attached hydrogens (tertiary/aromatic N) is 4. The molecule has 0 aliphatic carbocycles. The molecule has 128 valence electrons. The van der Waals surface area contributed by atoms with Crippen molar-refractivity contribution in [2.24, 2.45) is 0 Å². The Bertz CT molecular complexity index is 720. The van der Waals surface area contributed by atoms with Crippen LogP contribution in [-0.4, -0.2) is 65.6 Å². The number of amides is 1. The van der Waals surface area contributed by atoms with Gasteiger partial charge in [-0.05, 0) is 6.92 Å². The van der Waals surface area contributed by atoms with E-state index in [4.69, 9.17) is 4.74 Å². The minimum atomic E-state index is -1.07. The van der Waals surface area contributed by atoms with Crippen LogP contribution in [0, 0.1) is 0 Å². The lowest BCUT2D eigenvalue weighted by Crippen LogP contribution is -2.58. The van der Waals surface area contributed by atoms with E-state index in [-0.39, 0.29) is 30.1 Å². The van der Waals surface area contributed by atoms with Crippen molar-refractivity contribution < 1.29 is 24.2 Å². The van der Waals surface area contributed by atoms with Crippen LogP contribution < -0.4 is 0 Å². The lowest BCUT2D eigenvalue weighted by Gasteiger charge is -2.36. The van der Waals surface area contributed by atoms with Crippen LogP contribution in [0.25, 0.3) is 0 Å². The van der Waals surface area contributed by atoms with E-state index in [1.807, 2.05) is 0 Å². The van der Waals surface area contributed by atoms with Gasteiger partial charge in [-0.1, -0.05) is 17.9 Å². The highest BCUT2D eigenvalue weighted by Crippen LogP contribution is 2.51. The third-order valence-electron chi connectivity index (χ3n) is 4.07. The number of hydrogen-bond acceptors (Lipinski definition) is 7. The number of carboxylic acid groups (broad SMARTS) is 1. The number of hydrogen-bond donors (Lipinski definition) is 1. The fourth-order valence-corrected chi connectivity index (χ4v) is 4.76. The largest absolute Gasteiger partial charge is 0.480 e. The van der Waals surface area contributed by atoms with E-state index < -0.39 is 22.7 Å². The summed E-state index contributed by atoms with van der Waals surface area (Å²) in [6.45, 7) is 5.39. The minimum absolute atomic E-state index is 0.0537. The van der Waals surface area contributed by atoms with Gasteiger partial charge in [0, 0.05) is 0 Å². The van der Waals surface area contributed by atoms with Gasteiger partial charge in [-0.25, -0.2) is 14.3 Å². The first-order valence-electron chi connectivity index (χ1n) is 7.25. The van der Waals surface area contributed by atoms with Crippen molar-refractivity contribution in [2.45, 2.75) is 36.1 Å². The minimum Gasteiger partial charge on any atom is -0.480 e. The fourth-order valence-electron chi connectivity index (χ4n) is 3.02. The summed E-state index contributed by atoms with van der Waals surface area (Å²) in [7, 11) is 0. The smallest absolute Gasteiger partial charge is 0.358 e. The second-order valence-electron chi connectivity index (χ2n) is 5.80. The molecule has 2 saturated heterocycles. The normalized spacial score (nSPS) is 28.2. The molecule has 3 heterocycles. The number of rotatable bonds is 6. The molecule has 3 atom stereocenters. The molecule has 3 unspecified atom stereocenters. The van der Waals surface area contributed by atoms with Gasteiger partial charge < -0.3 is 14.7 Å². The zero-order valence-corrected chi connectivity index (χ0v) is 13.7. The topological polar surface area (TPSA) is 115 Å². The number of carbonyl (C=O) groups is 3. The highest BCUT2D eigenvalue weighted by Gasteiger charge is 2.61. The molecule has 1 aromatic heterocycles. The van der Waals surface area contributed by atoms with Crippen LogP contribution in [0.2, 0.25) is 0 Å². The molecule has 2 aliphatic heterocycles. The quantitative estimate of drug-likeness (QED) is 0.437. The molecule has 10 heteroatoms. The Labute approximate surface area is 141 Å². The highest BCUT2D eigenvalue weighted by atomic mass is 32.2. The summed E-state index contributed by atoms with van der Waals surface area (Å²) >= 11 is 1.41. The number of carbonyl (C=O) groups excluding carboxylic acids is 2. The summed E-state index contributed by atoms with van der Waals surface area (Å²) in [5.74, 6) is -1.86. The van der Waals surface area contributed by atoms with Gasteiger partial charge in [-0.3, -0.25) is 4.79 Å². The Hall–Kier alpha value is -2.36. The average molecular weight is 352 g/mol. The van der Waals surface area contributed by atoms with Gasteiger partial charge in [0.15, 0.2) is 5.69 Å². The van der Waals surface area contributed by atoms with Crippen LogP contribution in [0.1, 0.15) is 23.8 Å². The summed E-state index contributed by atoms with van der Waals surface area (Å²) in [6.07, 6.45) is 3.04. The molecule has 0 radical (unpaired) electrons. The fraction of sp³-hybridized carbons (Fsp3) is 0.500. The third-order valence-corrected chi connectivity index (χ3v) is 5.62. The third kappa shape index (κ3) is 2.56. The molecule has 1 aromatic rings. The van der Waals surface area contributed by atoms with Crippen LogP contribution in [0.15, 0.2) is 18.9 Å². The lowest BCUT2D eigenvalue weighted by molar-refractivity contribution is -0.157. The molecule has 0 saturated carbocycles. The molecule has 1 amide bonds. The average Bonchev–Trinajstić information content (AvgIpc) is 3.05. The first-order valence-corrected chi connectivity index (χ1v) is 8.13. The number of fused-ring (bicyclic) bond motifs is 1. The maximum Gasteiger partial charge on any atom is 0.358 e. The molecule has 2 fully saturated rings. The molecule has 0 aromatic carbocycles. The van der Waals surface area contributed by atoms with Gasteiger partial charge >= 0.3 is 11.9 Å². The lowest BCUT2D eigenvalue weighted by atomic mass is 9.96. The number of aliphatic carboxylic acids is 1. The first-order chi connectivity index (χ1) is 11.4. The molecule has 9 nitrogen and oxygen atoms in total. The number of thioether (sulfide) groups is 1. The van der Waals surface area contributed by atoms with Crippen molar-refractivity contribution in [3.05, 3.63) is 24.5 Å². The van der Waals surface area contributed by atoms with E-state index in [0.29, 0.717) is 6.42 Å². The Kier molecular flexibility index (Phi) is 4.08. The number of ether oxygens (including phenoxy) is 1. The maximum absolute atomic E-state index is 12.0. The van der Waals surface area contributed by atoms with Gasteiger partial charge in [0.1, 0.15) is 12.6 Å². The second kappa shape index (κ2) is 5.93. The summed E-state index contributed by atoms with van der Waals surface area (Å²) < 4.78 is 5.47. The van der Waals surface area contributed by atoms with Crippen molar-refractivity contribution in [1.82, 2.24) is 19.9 Å².